The lowest BCUT2D eigenvalue weighted by Crippen LogP contribution is -2.29. The van der Waals surface area contributed by atoms with Crippen molar-refractivity contribution in [3.8, 4) is 11.4 Å². The Hall–Kier alpha value is -2.99. The van der Waals surface area contributed by atoms with Gasteiger partial charge in [-0.1, -0.05) is 0 Å². The smallest absolute Gasteiger partial charge is 0.161 e. The molecule has 6 nitrogen and oxygen atoms in total. The van der Waals surface area contributed by atoms with Crippen LogP contribution in [0.25, 0.3) is 11.4 Å². The van der Waals surface area contributed by atoms with E-state index in [-0.39, 0.29) is 6.04 Å². The molecule has 3 aromatic rings. The van der Waals surface area contributed by atoms with Crippen LogP contribution < -0.4 is 16.4 Å². The summed E-state index contributed by atoms with van der Waals surface area (Å²) in [5.41, 5.74) is 11.4. The van der Waals surface area contributed by atoms with Gasteiger partial charge in [0.05, 0.1) is 0 Å². The number of fused-ring (bicyclic) bond motifs is 1. The topological polar surface area (TPSA) is 88.8 Å². The predicted molar refractivity (Wildman–Crippen MR) is 105 cm³/mol. The van der Waals surface area contributed by atoms with E-state index >= 15 is 0 Å². The summed E-state index contributed by atoms with van der Waals surface area (Å²) in [6.45, 7) is 0. The molecular weight excluding hydrogens is 324 g/mol. The van der Waals surface area contributed by atoms with Crippen LogP contribution in [-0.2, 0) is 12.8 Å². The molecule has 0 fully saturated rings. The molecule has 1 aromatic carbocycles. The number of hydrogen-bond donors (Lipinski definition) is 3. The van der Waals surface area contributed by atoms with Gasteiger partial charge in [-0.05, 0) is 55.7 Å². The fourth-order valence-corrected chi connectivity index (χ4v) is 3.23. The van der Waals surface area contributed by atoms with E-state index in [9.17, 15) is 0 Å². The number of aryl methyl sites for hydroxylation is 1. The van der Waals surface area contributed by atoms with E-state index in [0.717, 1.165) is 59.1 Å². The number of nitrogens with zero attached hydrogens (tertiary/aromatic N) is 3. The molecule has 1 atom stereocenters. The minimum absolute atomic E-state index is 0.157. The van der Waals surface area contributed by atoms with Gasteiger partial charge in [0.25, 0.3) is 0 Å². The Kier molecular flexibility index (Phi) is 4.50. The van der Waals surface area contributed by atoms with Crippen molar-refractivity contribution < 1.29 is 0 Å². The first-order valence-electron chi connectivity index (χ1n) is 8.83. The summed E-state index contributed by atoms with van der Waals surface area (Å²) in [6.07, 6.45) is 6.15. The maximum Gasteiger partial charge on any atom is 0.161 e. The first-order valence-corrected chi connectivity index (χ1v) is 8.83. The molecule has 0 bridgehead atoms. The number of pyridine rings is 1. The van der Waals surface area contributed by atoms with E-state index < -0.39 is 0 Å². The molecule has 0 aliphatic heterocycles. The quantitative estimate of drug-likeness (QED) is 0.672. The number of rotatable bonds is 4. The van der Waals surface area contributed by atoms with E-state index in [1.165, 1.54) is 0 Å². The van der Waals surface area contributed by atoms with Crippen LogP contribution in [0.4, 0.5) is 17.2 Å². The second-order valence-electron chi connectivity index (χ2n) is 6.51. The average Bonchev–Trinajstić information content (AvgIpc) is 2.69. The first-order chi connectivity index (χ1) is 12.7. The molecule has 4 rings (SSSR count). The molecule has 2 aromatic heterocycles. The molecule has 0 spiro atoms. The summed E-state index contributed by atoms with van der Waals surface area (Å²) in [5.74, 6) is 1.56. The van der Waals surface area contributed by atoms with Gasteiger partial charge in [-0.25, -0.2) is 9.97 Å². The normalized spacial score (nSPS) is 16.0. The van der Waals surface area contributed by atoms with Crippen LogP contribution in [0.2, 0.25) is 0 Å². The predicted octanol–water partition coefficient (Wildman–Crippen LogP) is 3.14. The number of hydrogen-bond acceptors (Lipinski definition) is 6. The summed E-state index contributed by atoms with van der Waals surface area (Å²) in [4.78, 5) is 13.7. The van der Waals surface area contributed by atoms with Gasteiger partial charge in [0.2, 0.25) is 0 Å². The average molecular weight is 346 g/mol. The third kappa shape index (κ3) is 3.36. The highest BCUT2D eigenvalue weighted by Gasteiger charge is 2.22. The molecular formula is C20H22N6. The lowest BCUT2D eigenvalue weighted by atomic mass is 9.92. The van der Waals surface area contributed by atoms with Gasteiger partial charge in [0, 0.05) is 53.7 Å². The van der Waals surface area contributed by atoms with Crippen LogP contribution in [0, 0.1) is 0 Å². The van der Waals surface area contributed by atoms with Crippen LogP contribution in [0.3, 0.4) is 0 Å². The molecule has 0 saturated carbocycles. The second kappa shape index (κ2) is 7.09. The first kappa shape index (κ1) is 16.5. The Morgan fingerprint density at radius 3 is 2.46 bits per heavy atom. The fraction of sp³-hybridized carbons (Fsp3) is 0.250. The van der Waals surface area contributed by atoms with Crippen LogP contribution in [0.5, 0.6) is 0 Å². The van der Waals surface area contributed by atoms with E-state index in [2.05, 4.69) is 15.6 Å². The summed E-state index contributed by atoms with van der Waals surface area (Å²) < 4.78 is 0. The highest BCUT2D eigenvalue weighted by molar-refractivity contribution is 5.66. The lowest BCUT2D eigenvalue weighted by molar-refractivity contribution is 0.566. The molecule has 1 aliphatic rings. The number of aromatic nitrogens is 3. The molecule has 0 amide bonds. The Balaban J connectivity index is 1.75. The van der Waals surface area contributed by atoms with Gasteiger partial charge in [-0.15, -0.1) is 0 Å². The maximum atomic E-state index is 6.20. The van der Waals surface area contributed by atoms with Gasteiger partial charge in [-0.3, -0.25) is 4.98 Å². The standard InChI is InChI=1S/C20H22N6/c1-22-15-3-5-16(6-4-15)24-20-17-12-14(21)2-7-18(17)25-19(26-20)13-8-10-23-11-9-13/h3-6,8-11,14,22H,2,7,12,21H2,1H3,(H,24,25,26). The molecule has 6 heteroatoms. The second-order valence-corrected chi connectivity index (χ2v) is 6.51. The van der Waals surface area contributed by atoms with Crippen molar-refractivity contribution >= 4 is 17.2 Å². The van der Waals surface area contributed by atoms with Crippen molar-refractivity contribution in [1.82, 2.24) is 15.0 Å². The Labute approximate surface area is 152 Å². The molecule has 2 heterocycles. The van der Waals surface area contributed by atoms with Crippen LogP contribution in [-0.4, -0.2) is 28.0 Å². The van der Waals surface area contributed by atoms with Crippen molar-refractivity contribution in [2.45, 2.75) is 25.3 Å². The molecule has 4 N–H and O–H groups in total. The van der Waals surface area contributed by atoms with E-state index in [1.54, 1.807) is 12.4 Å². The molecule has 26 heavy (non-hydrogen) atoms. The van der Waals surface area contributed by atoms with E-state index in [1.807, 2.05) is 43.4 Å². The molecule has 1 unspecified atom stereocenters. The summed E-state index contributed by atoms with van der Waals surface area (Å²) in [5, 5.41) is 6.59. The van der Waals surface area contributed by atoms with Gasteiger partial charge in [-0.2, -0.15) is 0 Å². The van der Waals surface area contributed by atoms with Crippen molar-refractivity contribution in [3.63, 3.8) is 0 Å². The lowest BCUT2D eigenvalue weighted by Gasteiger charge is -2.24. The van der Waals surface area contributed by atoms with Crippen LogP contribution in [0.15, 0.2) is 48.8 Å². The SMILES string of the molecule is CNc1ccc(Nc2nc(-c3ccncc3)nc3c2CC(N)CC3)cc1. The fourth-order valence-electron chi connectivity index (χ4n) is 3.23. The summed E-state index contributed by atoms with van der Waals surface area (Å²) in [6, 6.07) is 12.2. The van der Waals surface area contributed by atoms with Crippen molar-refractivity contribution in [2.75, 3.05) is 17.7 Å². The van der Waals surface area contributed by atoms with Crippen LogP contribution >= 0.6 is 0 Å². The van der Waals surface area contributed by atoms with Gasteiger partial charge in [0.1, 0.15) is 5.82 Å². The van der Waals surface area contributed by atoms with Gasteiger partial charge >= 0.3 is 0 Å². The molecule has 1 aliphatic carbocycles. The van der Waals surface area contributed by atoms with Gasteiger partial charge in [0.15, 0.2) is 5.82 Å². The highest BCUT2D eigenvalue weighted by atomic mass is 15.0. The molecule has 0 saturated heterocycles. The van der Waals surface area contributed by atoms with Crippen LogP contribution in [0.1, 0.15) is 17.7 Å². The maximum absolute atomic E-state index is 6.20. The highest BCUT2D eigenvalue weighted by Crippen LogP contribution is 2.30. The van der Waals surface area contributed by atoms with Crippen molar-refractivity contribution in [2.24, 2.45) is 5.73 Å². The Bertz CT molecular complexity index is 892. The summed E-state index contributed by atoms with van der Waals surface area (Å²) >= 11 is 0. The Morgan fingerprint density at radius 2 is 1.73 bits per heavy atom. The van der Waals surface area contributed by atoms with Crippen molar-refractivity contribution in [3.05, 3.63) is 60.0 Å². The summed E-state index contributed by atoms with van der Waals surface area (Å²) in [7, 11) is 1.91. The van der Waals surface area contributed by atoms with E-state index in [4.69, 9.17) is 15.7 Å². The number of nitrogens with two attached hydrogens (primary N) is 1. The molecule has 0 radical (unpaired) electrons. The third-order valence-corrected chi connectivity index (χ3v) is 4.69. The number of nitrogens with one attached hydrogen (secondary N) is 2. The number of benzene rings is 1. The zero-order valence-corrected chi connectivity index (χ0v) is 14.7. The third-order valence-electron chi connectivity index (χ3n) is 4.69. The molecule has 132 valence electrons. The minimum atomic E-state index is 0.157. The van der Waals surface area contributed by atoms with Crippen molar-refractivity contribution in [1.29, 1.82) is 0 Å². The zero-order valence-electron chi connectivity index (χ0n) is 14.7. The van der Waals surface area contributed by atoms with E-state index in [0.29, 0.717) is 0 Å². The Morgan fingerprint density at radius 1 is 1.00 bits per heavy atom. The minimum Gasteiger partial charge on any atom is -0.388 e. The zero-order chi connectivity index (χ0) is 17.9. The monoisotopic (exact) mass is 346 g/mol. The largest absolute Gasteiger partial charge is 0.388 e. The number of anilines is 3. The van der Waals surface area contributed by atoms with Gasteiger partial charge < -0.3 is 16.4 Å².